The topological polar surface area (TPSA) is 17.0 Å². The van der Waals surface area contributed by atoms with Gasteiger partial charge in [0.1, 0.15) is 0 Å². The van der Waals surface area contributed by atoms with E-state index in [1.807, 2.05) is 13.1 Å². The van der Waals surface area contributed by atoms with Crippen LogP contribution in [0.4, 0.5) is 0 Å². The van der Waals surface area contributed by atoms with Crippen molar-refractivity contribution in [1.82, 2.24) is 0 Å². The molecule has 2 heteroatoms. The van der Waals surface area contributed by atoms with Gasteiger partial charge in [-0.2, -0.15) is 0 Å². The Labute approximate surface area is 61.4 Å². The van der Waals surface area contributed by atoms with Crippen LogP contribution < -0.4 is 4.74 Å². The summed E-state index contributed by atoms with van der Waals surface area (Å²) in [4.78, 5) is 0. The molecule has 0 aliphatic rings. The first-order valence-electron chi connectivity index (χ1n) is 3.46. The normalized spacial score (nSPS) is 12.0. The third-order valence-corrected chi connectivity index (χ3v) is 1.55. The molecular weight excluding hydrogens is 126 g/mol. The molecule has 1 rings (SSSR count). The largest absolute Gasteiger partial charge is 0.245 e. The number of hydrogen-bond donors (Lipinski definition) is 0. The summed E-state index contributed by atoms with van der Waals surface area (Å²) in [6.07, 6.45) is 1.71. The highest BCUT2D eigenvalue weighted by Gasteiger charge is 2.25. The number of nitrogens with zero attached hydrogens (tertiary/aromatic N) is 1. The molecule has 0 bridgehead atoms. The van der Waals surface area contributed by atoms with E-state index >= 15 is 0 Å². The molecule has 1 aromatic heterocycles. The van der Waals surface area contributed by atoms with Gasteiger partial charge >= 0.3 is 0 Å². The van der Waals surface area contributed by atoms with Gasteiger partial charge in [-0.05, 0) is 4.74 Å². The molecule has 1 aromatic rings. The van der Waals surface area contributed by atoms with Crippen molar-refractivity contribution in [3.8, 4) is 0 Å². The van der Waals surface area contributed by atoms with Gasteiger partial charge in [0, 0.05) is 0 Å². The molecule has 0 aliphatic carbocycles. The molecule has 0 spiro atoms. The summed E-state index contributed by atoms with van der Waals surface area (Å²) in [5.74, 6) is 0. The maximum absolute atomic E-state index is 5.11. The van der Waals surface area contributed by atoms with Gasteiger partial charge in [0.25, 0.3) is 0 Å². The molecule has 0 aromatic carbocycles. The predicted octanol–water partition coefficient (Wildman–Crippen LogP) is 1.40. The summed E-state index contributed by atoms with van der Waals surface area (Å²) in [5, 5.41) is 0. The highest BCUT2D eigenvalue weighted by Crippen LogP contribution is 2.17. The minimum Gasteiger partial charge on any atom is -0.245 e. The summed E-state index contributed by atoms with van der Waals surface area (Å²) in [6.45, 7) is 6.49. The highest BCUT2D eigenvalue weighted by molar-refractivity contribution is 5.03. The number of aryl methyl sites for hydroxylation is 1. The van der Waals surface area contributed by atoms with Crippen molar-refractivity contribution >= 4 is 0 Å². The zero-order valence-corrected chi connectivity index (χ0v) is 7.01. The SMILES string of the molecule is C[n+]1occc1C(C)(C)C. The van der Waals surface area contributed by atoms with Gasteiger partial charge < -0.3 is 0 Å². The summed E-state index contributed by atoms with van der Waals surface area (Å²) >= 11 is 0. The zero-order chi connectivity index (χ0) is 7.78. The van der Waals surface area contributed by atoms with E-state index in [1.54, 1.807) is 11.0 Å². The Kier molecular flexibility index (Phi) is 1.55. The Balaban J connectivity index is 3.05. The molecule has 10 heavy (non-hydrogen) atoms. The van der Waals surface area contributed by atoms with Crippen LogP contribution in [-0.4, -0.2) is 0 Å². The second-order valence-electron chi connectivity index (χ2n) is 3.54. The molecule has 0 amide bonds. The molecule has 0 N–H and O–H groups in total. The summed E-state index contributed by atoms with van der Waals surface area (Å²) in [7, 11) is 1.92. The minimum atomic E-state index is 0.182. The Morgan fingerprint density at radius 3 is 2.20 bits per heavy atom. The van der Waals surface area contributed by atoms with Crippen LogP contribution in [-0.2, 0) is 12.5 Å². The van der Waals surface area contributed by atoms with E-state index in [0.717, 1.165) is 0 Å². The van der Waals surface area contributed by atoms with Crippen molar-refractivity contribution in [2.75, 3.05) is 0 Å². The van der Waals surface area contributed by atoms with E-state index in [9.17, 15) is 0 Å². The smallest absolute Gasteiger partial charge is 0.236 e. The first-order chi connectivity index (χ1) is 4.52. The highest BCUT2D eigenvalue weighted by atomic mass is 16.5. The molecule has 0 unspecified atom stereocenters. The van der Waals surface area contributed by atoms with Crippen LogP contribution in [0.2, 0.25) is 0 Å². The van der Waals surface area contributed by atoms with E-state index in [-0.39, 0.29) is 5.41 Å². The fraction of sp³-hybridized carbons (Fsp3) is 0.625. The number of rotatable bonds is 0. The van der Waals surface area contributed by atoms with E-state index in [2.05, 4.69) is 20.8 Å². The van der Waals surface area contributed by atoms with Crippen molar-refractivity contribution in [3.05, 3.63) is 18.0 Å². The van der Waals surface area contributed by atoms with Crippen molar-refractivity contribution in [3.63, 3.8) is 0 Å². The van der Waals surface area contributed by atoms with Crippen molar-refractivity contribution < 1.29 is 9.26 Å². The maximum atomic E-state index is 5.11. The number of hydrogen-bond acceptors (Lipinski definition) is 1. The van der Waals surface area contributed by atoms with Crippen LogP contribution in [0.5, 0.6) is 0 Å². The van der Waals surface area contributed by atoms with Crippen LogP contribution >= 0.6 is 0 Å². The fourth-order valence-electron chi connectivity index (χ4n) is 1.07. The Morgan fingerprint density at radius 1 is 1.40 bits per heavy atom. The Bertz CT molecular complexity index is 219. The lowest BCUT2D eigenvalue weighted by Crippen LogP contribution is -2.36. The molecule has 1 heterocycles. The molecule has 0 fully saturated rings. The molecular formula is C8H14NO+. The molecule has 0 aliphatic heterocycles. The van der Waals surface area contributed by atoms with Crippen LogP contribution in [0, 0.1) is 0 Å². The van der Waals surface area contributed by atoms with E-state index in [0.29, 0.717) is 0 Å². The van der Waals surface area contributed by atoms with Crippen LogP contribution in [0.1, 0.15) is 26.5 Å². The van der Waals surface area contributed by atoms with Crippen molar-refractivity contribution in [1.29, 1.82) is 0 Å². The van der Waals surface area contributed by atoms with Crippen molar-refractivity contribution in [2.45, 2.75) is 26.2 Å². The predicted molar refractivity (Wildman–Crippen MR) is 38.6 cm³/mol. The summed E-state index contributed by atoms with van der Waals surface area (Å²) in [5.41, 5.74) is 1.40. The van der Waals surface area contributed by atoms with Gasteiger partial charge in [-0.1, -0.05) is 20.8 Å². The lowest BCUT2D eigenvalue weighted by Gasteiger charge is -2.09. The second-order valence-corrected chi connectivity index (χ2v) is 3.54. The lowest BCUT2D eigenvalue weighted by molar-refractivity contribution is -0.852. The standard InChI is InChI=1S/C8H14NO/c1-8(2,3)7-5-6-10-9(7)4/h5-6H,1-4H3/q+1. The van der Waals surface area contributed by atoms with Gasteiger partial charge in [0.2, 0.25) is 5.69 Å². The Hall–Kier alpha value is -0.790. The quantitative estimate of drug-likeness (QED) is 0.498. The van der Waals surface area contributed by atoms with Gasteiger partial charge in [0.15, 0.2) is 13.3 Å². The fourth-order valence-corrected chi connectivity index (χ4v) is 1.07. The van der Waals surface area contributed by atoms with E-state index < -0.39 is 0 Å². The van der Waals surface area contributed by atoms with Crippen LogP contribution in [0.3, 0.4) is 0 Å². The maximum Gasteiger partial charge on any atom is 0.236 e. The van der Waals surface area contributed by atoms with E-state index in [4.69, 9.17) is 4.52 Å². The third-order valence-electron chi connectivity index (χ3n) is 1.55. The molecule has 2 nitrogen and oxygen atoms in total. The summed E-state index contributed by atoms with van der Waals surface area (Å²) < 4.78 is 6.90. The van der Waals surface area contributed by atoms with Gasteiger partial charge in [-0.3, -0.25) is 0 Å². The minimum absolute atomic E-state index is 0.182. The molecule has 56 valence electrons. The lowest BCUT2D eigenvalue weighted by atomic mass is 9.92. The van der Waals surface area contributed by atoms with E-state index in [1.165, 1.54) is 5.69 Å². The van der Waals surface area contributed by atoms with Crippen LogP contribution in [0.25, 0.3) is 0 Å². The number of aromatic nitrogens is 1. The average Bonchev–Trinajstić information content (AvgIpc) is 2.11. The van der Waals surface area contributed by atoms with Gasteiger partial charge in [0.05, 0.1) is 11.5 Å². The zero-order valence-electron chi connectivity index (χ0n) is 7.01. The molecule has 0 atom stereocenters. The summed E-state index contributed by atoms with van der Waals surface area (Å²) in [6, 6.07) is 2.00. The average molecular weight is 140 g/mol. The van der Waals surface area contributed by atoms with Gasteiger partial charge in [-0.25, -0.2) is 4.52 Å². The van der Waals surface area contributed by atoms with Gasteiger partial charge in [-0.15, -0.1) is 0 Å². The molecule has 0 saturated heterocycles. The van der Waals surface area contributed by atoms with Crippen LogP contribution in [0.15, 0.2) is 16.9 Å². The Morgan fingerprint density at radius 2 is 2.00 bits per heavy atom. The second kappa shape index (κ2) is 2.11. The third kappa shape index (κ3) is 1.20. The molecule has 0 saturated carbocycles. The first kappa shape index (κ1) is 7.32. The monoisotopic (exact) mass is 140 g/mol. The van der Waals surface area contributed by atoms with Crippen molar-refractivity contribution in [2.24, 2.45) is 7.05 Å². The molecule has 0 radical (unpaired) electrons. The first-order valence-corrected chi connectivity index (χ1v) is 3.46.